The van der Waals surface area contributed by atoms with Gasteiger partial charge in [0, 0.05) is 51.4 Å². The molecule has 0 spiro atoms. The van der Waals surface area contributed by atoms with Crippen molar-refractivity contribution in [3.05, 3.63) is 30.1 Å². The van der Waals surface area contributed by atoms with Gasteiger partial charge in [0.15, 0.2) is 0 Å². The van der Waals surface area contributed by atoms with Crippen LogP contribution >= 0.6 is 0 Å². The van der Waals surface area contributed by atoms with E-state index in [2.05, 4.69) is 4.98 Å². The summed E-state index contributed by atoms with van der Waals surface area (Å²) in [6.07, 6.45) is 3.24. The molecule has 1 N–H and O–H groups in total. The summed E-state index contributed by atoms with van der Waals surface area (Å²) in [6, 6.07) is 3.39. The van der Waals surface area contributed by atoms with Crippen LogP contribution in [0.5, 0.6) is 0 Å². The minimum atomic E-state index is -2.59. The Kier molecular flexibility index (Phi) is 4.33. The highest BCUT2D eigenvalue weighted by molar-refractivity contribution is 5.94. The topological polar surface area (TPSA) is 56.7 Å². The molecule has 1 atom stereocenters. The summed E-state index contributed by atoms with van der Waals surface area (Å²) in [4.78, 5) is 19.8. The number of pyridine rings is 1. The number of alkyl halides is 2. The highest BCUT2D eigenvalue weighted by atomic mass is 19.3. The van der Waals surface area contributed by atoms with Gasteiger partial charge in [0.2, 0.25) is 0 Å². The number of likely N-dealkylation sites (tertiary alicyclic amines) is 2. The predicted molar refractivity (Wildman–Crippen MR) is 80.3 cm³/mol. The van der Waals surface area contributed by atoms with Crippen molar-refractivity contribution in [3.8, 4) is 0 Å². The predicted octanol–water partition coefficient (Wildman–Crippen LogP) is 1.39. The third kappa shape index (κ3) is 3.84. The minimum Gasteiger partial charge on any atom is -0.387 e. The molecule has 2 aliphatic rings. The number of amides is 1. The maximum absolute atomic E-state index is 13.2. The van der Waals surface area contributed by atoms with Crippen LogP contribution in [0.15, 0.2) is 24.5 Å². The highest BCUT2D eigenvalue weighted by Gasteiger charge is 2.42. The van der Waals surface area contributed by atoms with Crippen molar-refractivity contribution in [3.63, 3.8) is 0 Å². The van der Waals surface area contributed by atoms with Crippen LogP contribution in [0.25, 0.3) is 0 Å². The molecule has 2 saturated heterocycles. The van der Waals surface area contributed by atoms with Gasteiger partial charge in [0.1, 0.15) is 0 Å². The molecule has 2 aliphatic heterocycles. The lowest BCUT2D eigenvalue weighted by Crippen LogP contribution is -2.49. The van der Waals surface area contributed by atoms with E-state index < -0.39 is 11.5 Å². The normalized spacial score (nSPS) is 28.0. The van der Waals surface area contributed by atoms with Crippen molar-refractivity contribution in [2.45, 2.75) is 30.8 Å². The van der Waals surface area contributed by atoms with E-state index in [9.17, 15) is 18.7 Å². The van der Waals surface area contributed by atoms with E-state index >= 15 is 0 Å². The summed E-state index contributed by atoms with van der Waals surface area (Å²) in [7, 11) is 0. The number of rotatable bonds is 3. The Morgan fingerprint density at radius 3 is 2.65 bits per heavy atom. The van der Waals surface area contributed by atoms with Gasteiger partial charge in [-0.2, -0.15) is 0 Å². The van der Waals surface area contributed by atoms with Crippen LogP contribution in [0.3, 0.4) is 0 Å². The fourth-order valence-corrected chi connectivity index (χ4v) is 3.29. The Morgan fingerprint density at radius 1 is 1.26 bits per heavy atom. The average molecular weight is 325 g/mol. The van der Waals surface area contributed by atoms with Gasteiger partial charge in [0.25, 0.3) is 11.8 Å². The van der Waals surface area contributed by atoms with Crippen molar-refractivity contribution in [1.29, 1.82) is 0 Å². The van der Waals surface area contributed by atoms with Crippen LogP contribution in [0.1, 0.15) is 29.6 Å². The first-order chi connectivity index (χ1) is 10.9. The molecule has 7 heteroatoms. The van der Waals surface area contributed by atoms with Crippen LogP contribution in [0.2, 0.25) is 0 Å². The molecule has 0 saturated carbocycles. The molecule has 23 heavy (non-hydrogen) atoms. The highest BCUT2D eigenvalue weighted by Crippen LogP contribution is 2.30. The molecule has 0 bridgehead atoms. The first-order valence-corrected chi connectivity index (χ1v) is 7.89. The molecule has 3 rings (SSSR count). The van der Waals surface area contributed by atoms with Crippen molar-refractivity contribution in [1.82, 2.24) is 14.8 Å². The first kappa shape index (κ1) is 16.3. The monoisotopic (exact) mass is 325 g/mol. The second-order valence-corrected chi connectivity index (χ2v) is 6.57. The smallest absolute Gasteiger partial charge is 0.255 e. The number of halogens is 2. The lowest BCUT2D eigenvalue weighted by Gasteiger charge is -2.36. The number of carbonyl (C=O) groups excluding carboxylic acids is 1. The fraction of sp³-hybridized carbons (Fsp3) is 0.625. The van der Waals surface area contributed by atoms with Gasteiger partial charge < -0.3 is 10.0 Å². The number of hydrogen-bond donors (Lipinski definition) is 1. The molecule has 0 aromatic carbocycles. The number of hydrogen-bond acceptors (Lipinski definition) is 4. The van der Waals surface area contributed by atoms with E-state index in [0.29, 0.717) is 25.1 Å². The van der Waals surface area contributed by atoms with E-state index in [1.807, 2.05) is 4.90 Å². The Balaban J connectivity index is 1.57. The molecule has 0 aliphatic carbocycles. The van der Waals surface area contributed by atoms with Gasteiger partial charge in [0.05, 0.1) is 17.7 Å². The van der Waals surface area contributed by atoms with Crippen molar-refractivity contribution >= 4 is 5.91 Å². The third-order valence-electron chi connectivity index (χ3n) is 4.63. The van der Waals surface area contributed by atoms with Gasteiger partial charge in [-0.15, -0.1) is 0 Å². The number of piperidine rings is 1. The van der Waals surface area contributed by atoms with Crippen molar-refractivity contribution in [2.24, 2.45) is 0 Å². The Labute approximate surface area is 133 Å². The number of β-amino-alcohol motifs (C(OH)–C–C–N with tert-alkyl or cyclic N) is 1. The third-order valence-corrected chi connectivity index (χ3v) is 4.63. The Hall–Kier alpha value is -1.60. The summed E-state index contributed by atoms with van der Waals surface area (Å²) in [5, 5.41) is 10.7. The summed E-state index contributed by atoms with van der Waals surface area (Å²) in [5.74, 6) is -2.74. The quantitative estimate of drug-likeness (QED) is 0.912. The van der Waals surface area contributed by atoms with Gasteiger partial charge in [-0.25, -0.2) is 8.78 Å². The molecule has 5 nitrogen and oxygen atoms in total. The number of aromatic nitrogens is 1. The van der Waals surface area contributed by atoms with E-state index in [-0.39, 0.29) is 38.4 Å². The van der Waals surface area contributed by atoms with Crippen LogP contribution in [-0.4, -0.2) is 70.0 Å². The molecule has 2 fully saturated rings. The standard InChI is InChI=1S/C16H21F2N3O2/c17-16(18)4-7-20(8-5-16)11-15(23)3-9-21(12-15)14(22)13-2-1-6-19-10-13/h1-2,6,10,23H,3-5,7-9,11-12H2. The molecule has 1 amide bonds. The number of nitrogens with zero attached hydrogens (tertiary/aromatic N) is 3. The molecule has 1 aromatic rings. The zero-order valence-corrected chi connectivity index (χ0v) is 12.9. The maximum atomic E-state index is 13.2. The lowest BCUT2D eigenvalue weighted by atomic mass is 10.00. The molecule has 1 aromatic heterocycles. The first-order valence-electron chi connectivity index (χ1n) is 7.89. The maximum Gasteiger partial charge on any atom is 0.255 e. The van der Waals surface area contributed by atoms with Gasteiger partial charge in [-0.05, 0) is 18.6 Å². The minimum absolute atomic E-state index is 0.154. The molecule has 1 unspecified atom stereocenters. The zero-order valence-electron chi connectivity index (χ0n) is 12.9. The van der Waals surface area contributed by atoms with Gasteiger partial charge in [-0.1, -0.05) is 0 Å². The van der Waals surface area contributed by atoms with Crippen LogP contribution in [0, 0.1) is 0 Å². The molecule has 3 heterocycles. The van der Waals surface area contributed by atoms with Crippen LogP contribution < -0.4 is 0 Å². The average Bonchev–Trinajstić information content (AvgIpc) is 2.92. The zero-order chi connectivity index (χ0) is 16.5. The molecule has 0 radical (unpaired) electrons. The second-order valence-electron chi connectivity index (χ2n) is 6.57. The van der Waals surface area contributed by atoms with Gasteiger partial charge >= 0.3 is 0 Å². The largest absolute Gasteiger partial charge is 0.387 e. The van der Waals surface area contributed by atoms with Crippen LogP contribution in [0.4, 0.5) is 8.78 Å². The summed E-state index contributed by atoms with van der Waals surface area (Å²) >= 11 is 0. The van der Waals surface area contributed by atoms with Crippen LogP contribution in [-0.2, 0) is 0 Å². The summed E-state index contributed by atoms with van der Waals surface area (Å²) in [6.45, 7) is 1.60. The number of carbonyl (C=O) groups is 1. The van der Waals surface area contributed by atoms with Crippen molar-refractivity contribution < 1.29 is 18.7 Å². The second kappa shape index (κ2) is 6.13. The number of aliphatic hydroxyl groups is 1. The van der Waals surface area contributed by atoms with E-state index in [1.165, 1.54) is 6.20 Å². The summed E-state index contributed by atoms with van der Waals surface area (Å²) < 4.78 is 26.4. The molecular weight excluding hydrogens is 304 g/mol. The van der Waals surface area contributed by atoms with Crippen molar-refractivity contribution in [2.75, 3.05) is 32.7 Å². The van der Waals surface area contributed by atoms with Gasteiger partial charge in [-0.3, -0.25) is 14.7 Å². The fourth-order valence-electron chi connectivity index (χ4n) is 3.29. The molecule has 126 valence electrons. The Bertz CT molecular complexity index is 560. The molecular formula is C16H21F2N3O2. The van der Waals surface area contributed by atoms with E-state index in [0.717, 1.165) is 0 Å². The van der Waals surface area contributed by atoms with E-state index in [4.69, 9.17) is 0 Å². The SMILES string of the molecule is O=C(c1cccnc1)N1CCC(O)(CN2CCC(F)(F)CC2)C1. The van der Waals surface area contributed by atoms with E-state index in [1.54, 1.807) is 23.2 Å². The Morgan fingerprint density at radius 2 is 2.00 bits per heavy atom. The summed E-state index contributed by atoms with van der Waals surface area (Å²) in [5.41, 5.74) is -0.529. The lowest BCUT2D eigenvalue weighted by molar-refractivity contribution is -0.0720.